The van der Waals surface area contributed by atoms with Crippen molar-refractivity contribution in [2.45, 2.75) is 36.8 Å². The molecule has 3 rings (SSSR count). The van der Waals surface area contributed by atoms with Crippen molar-refractivity contribution < 1.29 is 13.5 Å². The molecule has 5 heteroatoms. The van der Waals surface area contributed by atoms with Gasteiger partial charge in [-0.2, -0.15) is 0 Å². The van der Waals surface area contributed by atoms with Gasteiger partial charge in [0.2, 0.25) is 10.0 Å². The van der Waals surface area contributed by atoms with E-state index in [2.05, 4.69) is 4.72 Å². The molecule has 0 amide bonds. The van der Waals surface area contributed by atoms with Crippen molar-refractivity contribution in [3.63, 3.8) is 0 Å². The molecule has 1 aliphatic carbocycles. The summed E-state index contributed by atoms with van der Waals surface area (Å²) in [5.74, 6) is 0. The van der Waals surface area contributed by atoms with Crippen molar-refractivity contribution in [1.82, 2.24) is 4.72 Å². The first-order chi connectivity index (χ1) is 10.5. The summed E-state index contributed by atoms with van der Waals surface area (Å²) in [5, 5.41) is 10.2. The molecule has 1 aliphatic rings. The van der Waals surface area contributed by atoms with Crippen molar-refractivity contribution in [1.29, 1.82) is 0 Å². The molecule has 0 saturated carbocycles. The van der Waals surface area contributed by atoms with Crippen molar-refractivity contribution in [2.75, 3.05) is 0 Å². The van der Waals surface area contributed by atoms with E-state index in [1.165, 1.54) is 0 Å². The average molecular weight is 317 g/mol. The highest BCUT2D eigenvalue weighted by Gasteiger charge is 2.31. The molecule has 4 nitrogen and oxygen atoms in total. The predicted octanol–water partition coefficient (Wildman–Crippen LogP) is 2.32. The molecule has 2 atom stereocenters. The van der Waals surface area contributed by atoms with E-state index in [1.54, 1.807) is 24.3 Å². The minimum Gasteiger partial charge on any atom is -0.391 e. The fourth-order valence-corrected chi connectivity index (χ4v) is 4.09. The Hall–Kier alpha value is -1.69. The molecule has 2 N–H and O–H groups in total. The molecule has 0 bridgehead atoms. The summed E-state index contributed by atoms with van der Waals surface area (Å²) in [4.78, 5) is 0.216. The second-order valence-corrected chi connectivity index (χ2v) is 7.43. The molecule has 0 aliphatic heterocycles. The van der Waals surface area contributed by atoms with Crippen LogP contribution in [0.1, 0.15) is 29.2 Å². The molecule has 22 heavy (non-hydrogen) atoms. The van der Waals surface area contributed by atoms with E-state index >= 15 is 0 Å². The third-order valence-electron chi connectivity index (χ3n) is 4.10. The molecular weight excluding hydrogens is 298 g/mol. The lowest BCUT2D eigenvalue weighted by Gasteiger charge is -2.30. The number of aryl methyl sites for hydroxylation is 2. The van der Waals surface area contributed by atoms with Crippen molar-refractivity contribution >= 4 is 10.0 Å². The van der Waals surface area contributed by atoms with Crippen LogP contribution in [0.15, 0.2) is 53.4 Å². The average Bonchev–Trinajstić information content (AvgIpc) is 2.50. The number of benzene rings is 2. The minimum atomic E-state index is -3.66. The first-order valence-electron chi connectivity index (χ1n) is 7.32. The maximum Gasteiger partial charge on any atom is 0.241 e. The molecule has 2 aromatic rings. The second kappa shape index (κ2) is 5.83. The Kier molecular flexibility index (Phi) is 4.04. The minimum absolute atomic E-state index is 0.216. The number of fused-ring (bicyclic) bond motifs is 1. The van der Waals surface area contributed by atoms with Gasteiger partial charge in [-0.05, 0) is 43.0 Å². The summed E-state index contributed by atoms with van der Waals surface area (Å²) in [7, 11) is -3.66. The van der Waals surface area contributed by atoms with E-state index in [0.29, 0.717) is 6.42 Å². The largest absolute Gasteiger partial charge is 0.391 e. The topological polar surface area (TPSA) is 66.4 Å². The molecule has 116 valence electrons. The normalized spacial score (nSPS) is 21.4. The van der Waals surface area contributed by atoms with E-state index < -0.39 is 22.2 Å². The maximum absolute atomic E-state index is 12.5. The molecule has 1 unspecified atom stereocenters. The van der Waals surface area contributed by atoms with Gasteiger partial charge >= 0.3 is 0 Å². The lowest BCUT2D eigenvalue weighted by Crippen LogP contribution is -2.39. The predicted molar refractivity (Wildman–Crippen MR) is 85.0 cm³/mol. The zero-order valence-electron chi connectivity index (χ0n) is 12.4. The van der Waals surface area contributed by atoms with Crippen molar-refractivity contribution in [3.8, 4) is 0 Å². The lowest BCUT2D eigenvalue weighted by molar-refractivity contribution is 0.121. The fourth-order valence-electron chi connectivity index (χ4n) is 2.84. The highest BCUT2D eigenvalue weighted by molar-refractivity contribution is 7.89. The number of aliphatic hydroxyl groups excluding tert-OH is 1. The van der Waals surface area contributed by atoms with Gasteiger partial charge in [0.25, 0.3) is 0 Å². The van der Waals surface area contributed by atoms with Gasteiger partial charge in [-0.3, -0.25) is 0 Å². The molecule has 0 heterocycles. The Morgan fingerprint density at radius 2 is 1.77 bits per heavy atom. The van der Waals surface area contributed by atoms with Crippen LogP contribution in [0, 0.1) is 6.92 Å². The molecule has 2 aromatic carbocycles. The fraction of sp³-hybridized carbons (Fsp3) is 0.294. The van der Waals surface area contributed by atoms with E-state index in [0.717, 1.165) is 23.1 Å². The van der Waals surface area contributed by atoms with Gasteiger partial charge in [0.05, 0.1) is 17.0 Å². The first kappa shape index (κ1) is 15.2. The lowest BCUT2D eigenvalue weighted by atomic mass is 9.86. The monoisotopic (exact) mass is 317 g/mol. The van der Waals surface area contributed by atoms with Crippen LogP contribution in [-0.2, 0) is 16.4 Å². The van der Waals surface area contributed by atoms with Gasteiger partial charge in [-0.1, -0.05) is 42.0 Å². The number of rotatable bonds is 3. The van der Waals surface area contributed by atoms with Crippen LogP contribution in [0.25, 0.3) is 0 Å². The Bertz CT molecular complexity index is 769. The van der Waals surface area contributed by atoms with Gasteiger partial charge < -0.3 is 5.11 Å². The van der Waals surface area contributed by atoms with E-state index in [4.69, 9.17) is 0 Å². The number of sulfonamides is 1. The second-order valence-electron chi connectivity index (χ2n) is 5.72. The van der Waals surface area contributed by atoms with Gasteiger partial charge in [0.1, 0.15) is 0 Å². The summed E-state index contributed by atoms with van der Waals surface area (Å²) in [6.07, 6.45) is 0.605. The van der Waals surface area contributed by atoms with Crippen LogP contribution >= 0.6 is 0 Å². The SMILES string of the molecule is Cc1ccc(S(=O)(=O)NC2c3ccccc3CC[C@H]2O)cc1. The van der Waals surface area contributed by atoms with E-state index in [9.17, 15) is 13.5 Å². The highest BCUT2D eigenvalue weighted by atomic mass is 32.2. The summed E-state index contributed by atoms with van der Waals surface area (Å²) >= 11 is 0. The molecule has 0 aromatic heterocycles. The Labute approximate surface area is 130 Å². The van der Waals surface area contributed by atoms with Crippen molar-refractivity contribution in [2.24, 2.45) is 0 Å². The standard InChI is InChI=1S/C17H19NO3S/c1-12-6-9-14(10-7-12)22(20,21)18-17-15-5-3-2-4-13(15)8-11-16(17)19/h2-7,9-10,16-19H,8,11H2,1H3/t16-,17?/m1/s1. The van der Waals surface area contributed by atoms with Crippen molar-refractivity contribution in [3.05, 3.63) is 65.2 Å². The molecule has 0 radical (unpaired) electrons. The molecular formula is C17H19NO3S. The number of hydrogen-bond donors (Lipinski definition) is 2. The van der Waals surface area contributed by atoms with Crippen LogP contribution in [0.2, 0.25) is 0 Å². The van der Waals surface area contributed by atoms with Crippen LogP contribution in [0.3, 0.4) is 0 Å². The third-order valence-corrected chi connectivity index (χ3v) is 5.55. The van der Waals surface area contributed by atoms with Crippen LogP contribution in [0.4, 0.5) is 0 Å². The summed E-state index contributed by atoms with van der Waals surface area (Å²) in [6.45, 7) is 1.91. The third kappa shape index (κ3) is 2.92. The summed E-state index contributed by atoms with van der Waals surface area (Å²) in [6, 6.07) is 13.7. The Morgan fingerprint density at radius 1 is 1.09 bits per heavy atom. The molecule has 0 fully saturated rings. The molecule has 0 spiro atoms. The smallest absolute Gasteiger partial charge is 0.241 e. The quantitative estimate of drug-likeness (QED) is 0.913. The number of aliphatic hydroxyl groups is 1. The first-order valence-corrected chi connectivity index (χ1v) is 8.80. The van der Waals surface area contributed by atoms with E-state index in [1.807, 2.05) is 31.2 Å². The van der Waals surface area contributed by atoms with Gasteiger partial charge in [0, 0.05) is 0 Å². The Morgan fingerprint density at radius 3 is 2.50 bits per heavy atom. The summed E-state index contributed by atoms with van der Waals surface area (Å²) < 4.78 is 27.7. The Balaban J connectivity index is 1.93. The summed E-state index contributed by atoms with van der Waals surface area (Å²) in [5.41, 5.74) is 2.95. The maximum atomic E-state index is 12.5. The zero-order chi connectivity index (χ0) is 15.7. The molecule has 0 saturated heterocycles. The van der Waals surface area contributed by atoms with Gasteiger partial charge in [0.15, 0.2) is 0 Å². The van der Waals surface area contributed by atoms with Gasteiger partial charge in [-0.25, -0.2) is 13.1 Å². The number of hydrogen-bond acceptors (Lipinski definition) is 3. The van der Waals surface area contributed by atoms with E-state index in [-0.39, 0.29) is 4.90 Å². The van der Waals surface area contributed by atoms with Crippen LogP contribution in [-0.4, -0.2) is 19.6 Å². The van der Waals surface area contributed by atoms with Crippen LogP contribution in [0.5, 0.6) is 0 Å². The zero-order valence-corrected chi connectivity index (χ0v) is 13.2. The van der Waals surface area contributed by atoms with Gasteiger partial charge in [-0.15, -0.1) is 0 Å². The highest BCUT2D eigenvalue weighted by Crippen LogP contribution is 2.31. The van der Waals surface area contributed by atoms with Crippen LogP contribution < -0.4 is 4.72 Å². The number of nitrogens with one attached hydrogen (secondary N) is 1.